The molecule has 2 aliphatic heterocycles. The lowest BCUT2D eigenvalue weighted by Crippen LogP contribution is -2.51. The SMILES string of the molecule is Cc1cc2[nH]oc2c(C)c1CCS(=O)(=O)N1CCC2(CC1)N=C(C1CCC(C)CC1)NC2=O. The molecule has 0 radical (unpaired) electrons. The second-order valence-electron chi connectivity index (χ2n) is 10.3. The van der Waals surface area contributed by atoms with Crippen molar-refractivity contribution in [3.8, 4) is 0 Å². The van der Waals surface area contributed by atoms with Crippen LogP contribution < -0.4 is 5.32 Å². The molecule has 1 amide bonds. The summed E-state index contributed by atoms with van der Waals surface area (Å²) < 4.78 is 33.1. The van der Waals surface area contributed by atoms with Gasteiger partial charge in [0.2, 0.25) is 10.0 Å². The lowest BCUT2D eigenvalue weighted by molar-refractivity contribution is -0.125. The molecule has 2 fully saturated rings. The van der Waals surface area contributed by atoms with Crippen molar-refractivity contribution in [3.05, 3.63) is 22.8 Å². The summed E-state index contributed by atoms with van der Waals surface area (Å²) in [4.78, 5) is 17.7. The number of nitrogens with one attached hydrogen (secondary N) is 2. The Morgan fingerprint density at radius 1 is 1.18 bits per heavy atom. The number of H-pyrrole nitrogens is 1. The number of nitrogens with zero attached hydrogens (tertiary/aromatic N) is 2. The molecule has 1 saturated carbocycles. The van der Waals surface area contributed by atoms with Crippen LogP contribution in [0.4, 0.5) is 0 Å². The van der Waals surface area contributed by atoms with Gasteiger partial charge in [-0.3, -0.25) is 9.79 Å². The average Bonchev–Trinajstić information content (AvgIpc) is 3.07. The summed E-state index contributed by atoms with van der Waals surface area (Å²) in [7, 11) is -3.43. The highest BCUT2D eigenvalue weighted by atomic mass is 32.2. The summed E-state index contributed by atoms with van der Waals surface area (Å²) in [5.74, 6) is 1.92. The van der Waals surface area contributed by atoms with E-state index in [2.05, 4.69) is 17.4 Å². The Hall–Kier alpha value is -2.13. The summed E-state index contributed by atoms with van der Waals surface area (Å²) in [6, 6.07) is 2.00. The zero-order chi connectivity index (χ0) is 23.4. The van der Waals surface area contributed by atoms with Gasteiger partial charge in [-0.05, 0) is 69.1 Å². The van der Waals surface area contributed by atoms with Gasteiger partial charge in [0.1, 0.15) is 16.9 Å². The van der Waals surface area contributed by atoms with Crippen molar-refractivity contribution in [2.45, 2.75) is 71.3 Å². The Morgan fingerprint density at radius 2 is 1.88 bits per heavy atom. The molecule has 2 N–H and O–H groups in total. The van der Waals surface area contributed by atoms with E-state index in [4.69, 9.17) is 9.52 Å². The van der Waals surface area contributed by atoms with Crippen LogP contribution in [0.5, 0.6) is 0 Å². The molecular formula is C24H34N4O4S. The predicted octanol–water partition coefficient (Wildman–Crippen LogP) is 3.44. The zero-order valence-electron chi connectivity index (χ0n) is 19.7. The minimum absolute atomic E-state index is 0.0462. The normalized spacial score (nSPS) is 26.2. The van der Waals surface area contributed by atoms with Crippen molar-refractivity contribution in [2.75, 3.05) is 18.8 Å². The first kappa shape index (κ1) is 22.7. The summed E-state index contributed by atoms with van der Waals surface area (Å²) in [5, 5.41) is 5.86. The molecule has 3 aliphatic rings. The first-order valence-electron chi connectivity index (χ1n) is 12.1. The van der Waals surface area contributed by atoms with E-state index in [1.54, 1.807) is 4.31 Å². The third-order valence-corrected chi connectivity index (χ3v) is 9.96. The highest BCUT2D eigenvalue weighted by Crippen LogP contribution is 2.36. The van der Waals surface area contributed by atoms with Crippen LogP contribution in [0.2, 0.25) is 0 Å². The van der Waals surface area contributed by atoms with Crippen molar-refractivity contribution >= 4 is 32.9 Å². The quantitative estimate of drug-likeness (QED) is 0.692. The number of hydrogen-bond donors (Lipinski definition) is 2. The van der Waals surface area contributed by atoms with Gasteiger partial charge in [0, 0.05) is 24.6 Å². The molecule has 180 valence electrons. The van der Waals surface area contributed by atoms with Crippen LogP contribution in [0.15, 0.2) is 15.6 Å². The van der Waals surface area contributed by atoms with E-state index in [9.17, 15) is 13.2 Å². The average molecular weight is 475 g/mol. The van der Waals surface area contributed by atoms with Crippen LogP contribution in [-0.4, -0.2) is 54.0 Å². The number of benzene rings is 1. The molecule has 1 aromatic heterocycles. The van der Waals surface area contributed by atoms with Crippen molar-refractivity contribution in [1.82, 2.24) is 14.8 Å². The van der Waals surface area contributed by atoms with Crippen LogP contribution in [0.25, 0.3) is 11.1 Å². The minimum Gasteiger partial charge on any atom is -0.379 e. The van der Waals surface area contributed by atoms with Crippen LogP contribution in [0.3, 0.4) is 0 Å². The fourth-order valence-corrected chi connectivity index (χ4v) is 7.22. The number of amidine groups is 1. The van der Waals surface area contributed by atoms with Crippen LogP contribution in [0, 0.1) is 25.7 Å². The van der Waals surface area contributed by atoms with Gasteiger partial charge in [0.05, 0.1) is 5.75 Å². The smallest absolute Gasteiger partial charge is 0.253 e. The zero-order valence-corrected chi connectivity index (χ0v) is 20.6. The molecule has 2 aromatic rings. The van der Waals surface area contributed by atoms with Gasteiger partial charge >= 0.3 is 0 Å². The molecule has 0 unspecified atom stereocenters. The van der Waals surface area contributed by atoms with E-state index in [-0.39, 0.29) is 11.7 Å². The Labute approximate surface area is 195 Å². The minimum atomic E-state index is -3.43. The van der Waals surface area contributed by atoms with Gasteiger partial charge in [-0.25, -0.2) is 17.9 Å². The number of carbonyl (C=O) groups excluding carboxylic acids is 1. The third kappa shape index (κ3) is 4.03. The molecular weight excluding hydrogens is 440 g/mol. The maximum absolute atomic E-state index is 13.1. The third-order valence-electron chi connectivity index (χ3n) is 8.09. The molecule has 1 saturated heterocycles. The number of rotatable bonds is 5. The summed E-state index contributed by atoms with van der Waals surface area (Å²) >= 11 is 0. The lowest BCUT2D eigenvalue weighted by Gasteiger charge is -2.34. The number of carbonyl (C=O) groups is 1. The van der Waals surface area contributed by atoms with Gasteiger partial charge in [0.15, 0.2) is 5.58 Å². The number of aromatic amines is 1. The largest absolute Gasteiger partial charge is 0.379 e. The Balaban J connectivity index is 1.23. The molecule has 5 rings (SSSR count). The number of aryl methyl sites for hydroxylation is 2. The first-order valence-corrected chi connectivity index (χ1v) is 13.7. The molecule has 0 bridgehead atoms. The van der Waals surface area contributed by atoms with Gasteiger partial charge in [-0.15, -0.1) is 0 Å². The molecule has 8 nitrogen and oxygen atoms in total. The summed E-state index contributed by atoms with van der Waals surface area (Å²) in [5.41, 5.74) is 4.06. The number of piperidine rings is 1. The molecule has 1 aliphatic carbocycles. The fourth-order valence-electron chi connectivity index (χ4n) is 5.76. The maximum atomic E-state index is 13.1. The first-order chi connectivity index (χ1) is 15.7. The van der Waals surface area contributed by atoms with Gasteiger partial charge in [0.25, 0.3) is 5.91 Å². The number of fused-ring (bicyclic) bond motifs is 1. The number of amides is 1. The van der Waals surface area contributed by atoms with E-state index >= 15 is 0 Å². The molecule has 9 heteroatoms. The molecule has 1 aromatic carbocycles. The van der Waals surface area contributed by atoms with Gasteiger partial charge in [-0.1, -0.05) is 19.8 Å². The Bertz CT molecular complexity index is 1190. The number of sulfonamides is 1. The fraction of sp³-hybridized carbons (Fsp3) is 0.667. The monoisotopic (exact) mass is 474 g/mol. The van der Waals surface area contributed by atoms with Crippen molar-refractivity contribution in [2.24, 2.45) is 16.8 Å². The van der Waals surface area contributed by atoms with Gasteiger partial charge < -0.3 is 9.84 Å². The van der Waals surface area contributed by atoms with E-state index in [0.29, 0.717) is 38.3 Å². The van der Waals surface area contributed by atoms with Gasteiger partial charge in [-0.2, -0.15) is 0 Å². The molecule has 33 heavy (non-hydrogen) atoms. The van der Waals surface area contributed by atoms with Crippen molar-refractivity contribution in [3.63, 3.8) is 0 Å². The summed E-state index contributed by atoms with van der Waals surface area (Å²) in [6.07, 6.45) is 5.82. The Morgan fingerprint density at radius 3 is 2.52 bits per heavy atom. The second kappa shape index (κ2) is 8.27. The second-order valence-corrected chi connectivity index (χ2v) is 12.4. The summed E-state index contributed by atoms with van der Waals surface area (Å²) in [6.45, 7) is 6.92. The van der Waals surface area contributed by atoms with Crippen LogP contribution >= 0.6 is 0 Å². The number of aromatic nitrogens is 1. The topological polar surface area (TPSA) is 108 Å². The molecule has 1 spiro atoms. The number of hydrogen-bond acceptors (Lipinski definition) is 5. The lowest BCUT2D eigenvalue weighted by atomic mass is 9.82. The van der Waals surface area contributed by atoms with Crippen LogP contribution in [0.1, 0.15) is 62.1 Å². The van der Waals surface area contributed by atoms with E-state index in [0.717, 1.165) is 52.4 Å². The Kier molecular flexibility index (Phi) is 5.68. The van der Waals surface area contributed by atoms with E-state index in [1.165, 1.54) is 12.8 Å². The van der Waals surface area contributed by atoms with E-state index < -0.39 is 15.6 Å². The van der Waals surface area contributed by atoms with Crippen molar-refractivity contribution < 1.29 is 17.7 Å². The van der Waals surface area contributed by atoms with E-state index in [1.807, 2.05) is 19.9 Å². The van der Waals surface area contributed by atoms with Crippen molar-refractivity contribution in [1.29, 1.82) is 0 Å². The molecule has 3 heterocycles. The number of aliphatic imine (C=N–C) groups is 1. The molecule has 0 atom stereocenters. The highest BCUT2D eigenvalue weighted by molar-refractivity contribution is 7.89. The maximum Gasteiger partial charge on any atom is 0.253 e. The predicted molar refractivity (Wildman–Crippen MR) is 128 cm³/mol. The standard InChI is InChI=1S/C24H34N4O4S/c1-15-4-6-18(7-5-15)22-25-23(29)24(26-22)9-11-28(12-10-24)33(30,31)13-8-19-16(2)14-20-21(17(19)3)32-27-20/h14-15,18,27H,4-13H2,1-3H3,(H,25,26,29). The van der Waals surface area contributed by atoms with Crippen LogP contribution in [-0.2, 0) is 21.2 Å². The highest BCUT2D eigenvalue weighted by Gasteiger charge is 2.48.